The number of rotatable bonds is 4. The Bertz CT molecular complexity index is 492. The normalized spacial score (nSPS) is 13.2. The van der Waals surface area contributed by atoms with Gasteiger partial charge in [0.05, 0.1) is 22.0 Å². The molecule has 1 atom stereocenters. The fourth-order valence-corrected chi connectivity index (χ4v) is 3.28. The van der Waals surface area contributed by atoms with Crippen LogP contribution in [0.3, 0.4) is 0 Å². The molecule has 92 valence electrons. The second-order valence-corrected chi connectivity index (χ2v) is 6.79. The molecule has 2 aromatic heterocycles. The lowest BCUT2D eigenvalue weighted by Crippen LogP contribution is -2.10. The summed E-state index contributed by atoms with van der Waals surface area (Å²) in [6, 6.07) is 4.36. The van der Waals surface area contributed by atoms with Gasteiger partial charge >= 0.3 is 0 Å². The van der Waals surface area contributed by atoms with Gasteiger partial charge in [0.25, 0.3) is 0 Å². The first-order chi connectivity index (χ1) is 8.08. The van der Waals surface area contributed by atoms with Gasteiger partial charge in [-0.2, -0.15) is 0 Å². The van der Waals surface area contributed by atoms with Crippen molar-refractivity contribution < 1.29 is 5.11 Å². The topological polar surface area (TPSA) is 38.0 Å². The third kappa shape index (κ3) is 2.97. The van der Waals surface area contributed by atoms with Crippen molar-refractivity contribution in [2.75, 3.05) is 0 Å². The average Bonchev–Trinajstić information content (AvgIpc) is 2.86. The summed E-state index contributed by atoms with van der Waals surface area (Å²) in [7, 11) is 0. The minimum Gasteiger partial charge on any atom is -0.386 e. The monoisotopic (exact) mass is 314 g/mol. The van der Waals surface area contributed by atoms with Crippen LogP contribution in [0.5, 0.6) is 0 Å². The van der Waals surface area contributed by atoms with Crippen molar-refractivity contribution in [3.05, 3.63) is 39.0 Å². The lowest BCUT2D eigenvalue weighted by molar-refractivity contribution is 0.168. The van der Waals surface area contributed by atoms with Crippen molar-refractivity contribution in [3.63, 3.8) is 0 Å². The summed E-state index contributed by atoms with van der Waals surface area (Å²) in [4.78, 5) is 5.28. The van der Waals surface area contributed by atoms with Gasteiger partial charge in [0.15, 0.2) is 0 Å². The lowest BCUT2D eigenvalue weighted by Gasteiger charge is -2.15. The summed E-state index contributed by atoms with van der Waals surface area (Å²) in [5.74, 6) is 0. The van der Waals surface area contributed by atoms with Gasteiger partial charge < -0.3 is 9.67 Å². The van der Waals surface area contributed by atoms with Crippen LogP contribution in [-0.4, -0.2) is 14.7 Å². The van der Waals surface area contributed by atoms with Crippen LogP contribution in [0, 0.1) is 0 Å². The van der Waals surface area contributed by atoms with Gasteiger partial charge in [-0.05, 0) is 41.9 Å². The highest BCUT2D eigenvalue weighted by Gasteiger charge is 2.15. The molecule has 3 nitrogen and oxygen atoms in total. The van der Waals surface area contributed by atoms with Crippen LogP contribution in [0.25, 0.3) is 0 Å². The second kappa shape index (κ2) is 5.33. The van der Waals surface area contributed by atoms with Gasteiger partial charge in [-0.15, -0.1) is 11.3 Å². The first-order valence-electron chi connectivity index (χ1n) is 5.52. The van der Waals surface area contributed by atoms with Crippen molar-refractivity contribution in [1.82, 2.24) is 9.55 Å². The van der Waals surface area contributed by atoms with Crippen LogP contribution in [0.4, 0.5) is 0 Å². The Balaban J connectivity index is 2.14. The van der Waals surface area contributed by atoms with Crippen LogP contribution in [0.2, 0.25) is 0 Å². The molecule has 0 saturated heterocycles. The molecule has 0 aliphatic heterocycles. The van der Waals surface area contributed by atoms with Gasteiger partial charge in [0, 0.05) is 17.3 Å². The minimum absolute atomic E-state index is 0.317. The van der Waals surface area contributed by atoms with Crippen LogP contribution in [0.1, 0.15) is 36.6 Å². The number of halogens is 1. The fraction of sp³-hybridized carbons (Fsp3) is 0.417. The zero-order chi connectivity index (χ0) is 12.4. The van der Waals surface area contributed by atoms with Crippen LogP contribution in [0.15, 0.2) is 28.4 Å². The number of thiophene rings is 1. The van der Waals surface area contributed by atoms with E-state index in [0.717, 1.165) is 9.48 Å². The Morgan fingerprint density at radius 1 is 1.47 bits per heavy atom. The highest BCUT2D eigenvalue weighted by Crippen LogP contribution is 2.27. The van der Waals surface area contributed by atoms with Crippen molar-refractivity contribution >= 4 is 27.3 Å². The van der Waals surface area contributed by atoms with Crippen molar-refractivity contribution in [3.8, 4) is 0 Å². The van der Waals surface area contributed by atoms with Crippen LogP contribution in [-0.2, 0) is 6.42 Å². The smallest absolute Gasteiger partial charge is 0.100 e. The summed E-state index contributed by atoms with van der Waals surface area (Å²) in [6.45, 7) is 4.17. The zero-order valence-corrected chi connectivity index (χ0v) is 12.2. The molecule has 1 unspecified atom stereocenters. The standard InChI is InChI=1S/C12H15BrN2OS/c1-8(2)15-7-14-6-10(15)11(16)5-9-3-4-12(13)17-9/h3-4,6-8,11,16H,5H2,1-2H3. The Morgan fingerprint density at radius 3 is 2.82 bits per heavy atom. The molecule has 0 aliphatic rings. The van der Waals surface area contributed by atoms with E-state index in [-0.39, 0.29) is 0 Å². The summed E-state index contributed by atoms with van der Waals surface area (Å²) in [6.07, 6.45) is 3.65. The van der Waals surface area contributed by atoms with Crippen molar-refractivity contribution in [2.45, 2.75) is 32.4 Å². The fourth-order valence-electron chi connectivity index (χ4n) is 1.76. The number of hydrogen-bond donors (Lipinski definition) is 1. The number of aliphatic hydroxyl groups excluding tert-OH is 1. The Morgan fingerprint density at radius 2 is 2.24 bits per heavy atom. The summed E-state index contributed by atoms with van der Waals surface area (Å²) in [5, 5.41) is 10.2. The SMILES string of the molecule is CC(C)n1cncc1C(O)Cc1ccc(Br)s1. The molecule has 0 bridgehead atoms. The second-order valence-electron chi connectivity index (χ2n) is 4.25. The molecule has 0 saturated carbocycles. The molecule has 2 rings (SSSR count). The molecule has 0 amide bonds. The molecule has 0 aliphatic carbocycles. The van der Waals surface area contributed by atoms with E-state index in [0.29, 0.717) is 12.5 Å². The highest BCUT2D eigenvalue weighted by molar-refractivity contribution is 9.11. The van der Waals surface area contributed by atoms with Gasteiger partial charge in [0.1, 0.15) is 6.10 Å². The number of nitrogens with zero attached hydrogens (tertiary/aromatic N) is 2. The maximum atomic E-state index is 10.2. The van der Waals surface area contributed by atoms with Gasteiger partial charge in [-0.3, -0.25) is 0 Å². The molecule has 1 N–H and O–H groups in total. The van der Waals surface area contributed by atoms with E-state index in [4.69, 9.17) is 0 Å². The Kier molecular flexibility index (Phi) is 4.01. The molecule has 0 spiro atoms. The first kappa shape index (κ1) is 12.8. The van der Waals surface area contributed by atoms with Gasteiger partial charge in [-0.1, -0.05) is 0 Å². The predicted molar refractivity (Wildman–Crippen MR) is 73.3 cm³/mol. The first-order valence-corrected chi connectivity index (χ1v) is 7.13. The number of hydrogen-bond acceptors (Lipinski definition) is 3. The minimum atomic E-state index is -0.495. The van der Waals surface area contributed by atoms with E-state index in [1.807, 2.05) is 16.7 Å². The van der Waals surface area contributed by atoms with E-state index in [1.54, 1.807) is 23.9 Å². The average molecular weight is 315 g/mol. The summed E-state index contributed by atoms with van der Waals surface area (Å²) < 4.78 is 3.10. The largest absolute Gasteiger partial charge is 0.386 e. The van der Waals surface area contributed by atoms with Crippen molar-refractivity contribution in [2.24, 2.45) is 0 Å². The third-order valence-corrected chi connectivity index (χ3v) is 4.26. The van der Waals surface area contributed by atoms with Gasteiger partial charge in [-0.25, -0.2) is 4.98 Å². The molecule has 2 heterocycles. The van der Waals surface area contributed by atoms with E-state index >= 15 is 0 Å². The van der Waals surface area contributed by atoms with Crippen LogP contribution >= 0.6 is 27.3 Å². The maximum absolute atomic E-state index is 10.2. The maximum Gasteiger partial charge on any atom is 0.100 e. The zero-order valence-electron chi connectivity index (χ0n) is 9.80. The Hall–Kier alpha value is -0.650. The quantitative estimate of drug-likeness (QED) is 0.937. The molecule has 17 heavy (non-hydrogen) atoms. The Labute approximate surface area is 113 Å². The molecular weight excluding hydrogens is 300 g/mol. The molecular formula is C12H15BrN2OS. The highest BCUT2D eigenvalue weighted by atomic mass is 79.9. The van der Waals surface area contributed by atoms with Crippen molar-refractivity contribution in [1.29, 1.82) is 0 Å². The molecule has 2 aromatic rings. The lowest BCUT2D eigenvalue weighted by atomic mass is 10.1. The van der Waals surface area contributed by atoms with E-state index in [1.165, 1.54) is 4.88 Å². The third-order valence-electron chi connectivity index (χ3n) is 2.62. The number of aromatic nitrogens is 2. The number of imidazole rings is 1. The van der Waals surface area contributed by atoms with Crippen LogP contribution < -0.4 is 0 Å². The number of aliphatic hydroxyl groups is 1. The summed E-state index contributed by atoms with van der Waals surface area (Å²) >= 11 is 5.08. The molecule has 0 radical (unpaired) electrons. The summed E-state index contributed by atoms with van der Waals surface area (Å²) in [5.41, 5.74) is 0.879. The molecule has 0 fully saturated rings. The predicted octanol–water partition coefficient (Wildman–Crippen LogP) is 3.56. The van der Waals surface area contributed by atoms with Gasteiger partial charge in [0.2, 0.25) is 0 Å². The van der Waals surface area contributed by atoms with E-state index in [2.05, 4.69) is 34.8 Å². The molecule has 5 heteroatoms. The van der Waals surface area contributed by atoms with E-state index < -0.39 is 6.10 Å². The molecule has 0 aromatic carbocycles. The van der Waals surface area contributed by atoms with E-state index in [9.17, 15) is 5.11 Å².